The Morgan fingerprint density at radius 2 is 1.46 bits per heavy atom. The lowest BCUT2D eigenvalue weighted by Gasteiger charge is -2.30. The Morgan fingerprint density at radius 3 is 2.00 bits per heavy atom. The maximum absolute atomic E-state index is 11.5. The van der Waals surface area contributed by atoms with Crippen LogP contribution in [0, 0.1) is 0 Å². The Labute approximate surface area is 166 Å². The minimum atomic E-state index is -0.953. The third-order valence-electron chi connectivity index (χ3n) is 4.65. The summed E-state index contributed by atoms with van der Waals surface area (Å²) >= 11 is 0. The number of unbranched alkanes of at least 4 members (excludes halogenated alkanes) is 2. The quantitative estimate of drug-likeness (QED) is 0.593. The summed E-state index contributed by atoms with van der Waals surface area (Å²) in [6.07, 6.45) is 3.18. The second-order valence-electron chi connectivity index (χ2n) is 7.03. The Morgan fingerprint density at radius 1 is 0.857 bits per heavy atom. The van der Waals surface area contributed by atoms with Gasteiger partial charge in [-0.3, -0.25) is 0 Å². The third-order valence-corrected chi connectivity index (χ3v) is 4.65. The van der Waals surface area contributed by atoms with Crippen molar-refractivity contribution in [3.63, 3.8) is 0 Å². The highest BCUT2D eigenvalue weighted by molar-refractivity contribution is 5.91. The predicted molar refractivity (Wildman–Crippen MR) is 112 cm³/mol. The first-order chi connectivity index (χ1) is 13.3. The molecular weight excluding hydrogens is 356 g/mol. The molecule has 0 bridgehead atoms. The number of nitrogens with zero attached hydrogens (tertiary/aromatic N) is 2. The molecule has 0 saturated heterocycles. The first kappa shape index (κ1) is 21.3. The summed E-state index contributed by atoms with van der Waals surface area (Å²) in [6.45, 7) is 3.51. The van der Waals surface area contributed by atoms with Crippen molar-refractivity contribution in [2.45, 2.75) is 32.7 Å². The SMILES string of the molecule is CCCCCN(Cc1ccc(C(=O)O)cc1)c1cc(C(=O)O)ccc1N(C)C. The highest BCUT2D eigenvalue weighted by Crippen LogP contribution is 2.31. The van der Waals surface area contributed by atoms with Crippen molar-refractivity contribution in [3.05, 3.63) is 59.2 Å². The van der Waals surface area contributed by atoms with Crippen LogP contribution in [0.3, 0.4) is 0 Å². The van der Waals surface area contributed by atoms with Crippen LogP contribution in [0.25, 0.3) is 0 Å². The minimum Gasteiger partial charge on any atom is -0.478 e. The summed E-state index contributed by atoms with van der Waals surface area (Å²) in [5.74, 6) is -1.90. The lowest BCUT2D eigenvalue weighted by molar-refractivity contribution is 0.0686. The molecule has 0 aliphatic heterocycles. The normalized spacial score (nSPS) is 10.5. The van der Waals surface area contributed by atoms with E-state index in [2.05, 4.69) is 11.8 Å². The zero-order valence-corrected chi connectivity index (χ0v) is 16.7. The molecule has 6 nitrogen and oxygen atoms in total. The van der Waals surface area contributed by atoms with E-state index < -0.39 is 11.9 Å². The molecule has 0 heterocycles. The predicted octanol–water partition coefficient (Wildman–Crippen LogP) is 4.35. The van der Waals surface area contributed by atoms with Gasteiger partial charge in [0.2, 0.25) is 0 Å². The van der Waals surface area contributed by atoms with E-state index in [1.165, 1.54) is 0 Å². The van der Waals surface area contributed by atoms with Crippen molar-refractivity contribution < 1.29 is 19.8 Å². The van der Waals surface area contributed by atoms with E-state index in [4.69, 9.17) is 5.11 Å². The van der Waals surface area contributed by atoms with Gasteiger partial charge in [-0.05, 0) is 42.3 Å². The molecule has 0 radical (unpaired) electrons. The maximum Gasteiger partial charge on any atom is 0.335 e. The molecular formula is C22H28N2O4. The number of hydrogen-bond donors (Lipinski definition) is 2. The molecule has 0 aliphatic carbocycles. The molecule has 2 aromatic carbocycles. The van der Waals surface area contributed by atoms with Gasteiger partial charge in [0.15, 0.2) is 0 Å². The van der Waals surface area contributed by atoms with Gasteiger partial charge in [-0.1, -0.05) is 31.9 Å². The van der Waals surface area contributed by atoms with Crippen LogP contribution in [-0.4, -0.2) is 42.8 Å². The topological polar surface area (TPSA) is 81.1 Å². The van der Waals surface area contributed by atoms with Crippen molar-refractivity contribution in [2.24, 2.45) is 0 Å². The molecule has 2 rings (SSSR count). The lowest BCUT2D eigenvalue weighted by atomic mass is 10.1. The number of benzene rings is 2. The van der Waals surface area contributed by atoms with Crippen molar-refractivity contribution in [3.8, 4) is 0 Å². The summed E-state index contributed by atoms with van der Waals surface area (Å²) in [4.78, 5) is 26.7. The molecule has 0 aliphatic rings. The van der Waals surface area contributed by atoms with E-state index in [0.29, 0.717) is 6.54 Å². The van der Waals surface area contributed by atoms with Gasteiger partial charge in [-0.15, -0.1) is 0 Å². The molecule has 0 unspecified atom stereocenters. The fourth-order valence-corrected chi connectivity index (χ4v) is 3.10. The summed E-state index contributed by atoms with van der Waals surface area (Å²) in [5, 5.41) is 18.5. The summed E-state index contributed by atoms with van der Waals surface area (Å²) in [6, 6.07) is 12.0. The molecule has 0 fully saturated rings. The second kappa shape index (κ2) is 9.78. The van der Waals surface area contributed by atoms with E-state index in [1.54, 1.807) is 24.3 Å². The van der Waals surface area contributed by atoms with Crippen LogP contribution in [0.2, 0.25) is 0 Å². The van der Waals surface area contributed by atoms with Gasteiger partial charge in [0.1, 0.15) is 0 Å². The van der Waals surface area contributed by atoms with Crippen LogP contribution >= 0.6 is 0 Å². The van der Waals surface area contributed by atoms with E-state index in [9.17, 15) is 14.7 Å². The number of carboxylic acid groups (broad SMARTS) is 2. The van der Waals surface area contributed by atoms with Crippen LogP contribution in [0.15, 0.2) is 42.5 Å². The Hall–Kier alpha value is -3.02. The number of hydrogen-bond acceptors (Lipinski definition) is 4. The first-order valence-corrected chi connectivity index (χ1v) is 9.45. The van der Waals surface area contributed by atoms with Gasteiger partial charge in [0, 0.05) is 27.2 Å². The number of carboxylic acids is 2. The average Bonchev–Trinajstić information content (AvgIpc) is 2.67. The maximum atomic E-state index is 11.5. The van der Waals surface area contributed by atoms with Gasteiger partial charge in [0.05, 0.1) is 22.5 Å². The second-order valence-corrected chi connectivity index (χ2v) is 7.03. The molecule has 28 heavy (non-hydrogen) atoms. The average molecular weight is 384 g/mol. The molecule has 0 amide bonds. The van der Waals surface area contributed by atoms with Gasteiger partial charge < -0.3 is 20.0 Å². The molecule has 0 aromatic heterocycles. The van der Waals surface area contributed by atoms with E-state index >= 15 is 0 Å². The number of aromatic carboxylic acids is 2. The Kier molecular flexibility index (Phi) is 7.44. The van der Waals surface area contributed by atoms with Gasteiger partial charge in [-0.25, -0.2) is 9.59 Å². The van der Waals surface area contributed by atoms with E-state index in [-0.39, 0.29) is 11.1 Å². The number of anilines is 2. The van der Waals surface area contributed by atoms with E-state index in [1.807, 2.05) is 37.2 Å². The Bertz CT molecular complexity index is 816. The van der Waals surface area contributed by atoms with Crippen molar-refractivity contribution in [1.29, 1.82) is 0 Å². The Balaban J connectivity index is 2.39. The zero-order chi connectivity index (χ0) is 20.7. The lowest BCUT2D eigenvalue weighted by Crippen LogP contribution is -2.26. The molecule has 2 aromatic rings. The highest BCUT2D eigenvalue weighted by atomic mass is 16.4. The number of carbonyl (C=O) groups is 2. The van der Waals surface area contributed by atoms with Gasteiger partial charge >= 0.3 is 11.9 Å². The fourth-order valence-electron chi connectivity index (χ4n) is 3.10. The molecule has 0 atom stereocenters. The van der Waals surface area contributed by atoms with Crippen LogP contribution in [0.5, 0.6) is 0 Å². The largest absolute Gasteiger partial charge is 0.478 e. The summed E-state index contributed by atoms with van der Waals surface area (Å²) in [5.41, 5.74) is 3.30. The van der Waals surface area contributed by atoms with Crippen molar-refractivity contribution in [1.82, 2.24) is 0 Å². The number of rotatable bonds is 10. The van der Waals surface area contributed by atoms with Crippen molar-refractivity contribution in [2.75, 3.05) is 30.4 Å². The van der Waals surface area contributed by atoms with Crippen LogP contribution in [0.1, 0.15) is 52.5 Å². The molecule has 6 heteroatoms. The van der Waals surface area contributed by atoms with Crippen LogP contribution in [0.4, 0.5) is 11.4 Å². The third kappa shape index (κ3) is 5.49. The van der Waals surface area contributed by atoms with Crippen LogP contribution < -0.4 is 9.80 Å². The monoisotopic (exact) mass is 384 g/mol. The van der Waals surface area contributed by atoms with E-state index in [0.717, 1.165) is 42.7 Å². The molecule has 150 valence electrons. The van der Waals surface area contributed by atoms with Crippen molar-refractivity contribution >= 4 is 23.3 Å². The fraction of sp³-hybridized carbons (Fsp3) is 0.364. The van der Waals surface area contributed by atoms with Gasteiger partial charge in [-0.2, -0.15) is 0 Å². The first-order valence-electron chi connectivity index (χ1n) is 9.45. The molecule has 0 saturated carbocycles. The van der Waals surface area contributed by atoms with Crippen LogP contribution in [-0.2, 0) is 6.54 Å². The smallest absolute Gasteiger partial charge is 0.335 e. The minimum absolute atomic E-state index is 0.252. The summed E-state index contributed by atoms with van der Waals surface area (Å²) < 4.78 is 0. The highest BCUT2D eigenvalue weighted by Gasteiger charge is 2.16. The zero-order valence-electron chi connectivity index (χ0n) is 16.7. The van der Waals surface area contributed by atoms with Gasteiger partial charge in [0.25, 0.3) is 0 Å². The molecule has 2 N–H and O–H groups in total. The molecule has 0 spiro atoms. The summed E-state index contributed by atoms with van der Waals surface area (Å²) in [7, 11) is 3.87. The standard InChI is InChI=1S/C22H28N2O4/c1-4-5-6-13-24(15-16-7-9-17(10-8-16)21(25)26)20-14-18(22(27)28)11-12-19(20)23(2)3/h7-12,14H,4-6,13,15H2,1-3H3,(H,25,26)(H,27,28).